The van der Waals surface area contributed by atoms with Gasteiger partial charge in [0.05, 0.1) is 0 Å². The molecule has 4 nitrogen and oxygen atoms in total. The van der Waals surface area contributed by atoms with E-state index in [4.69, 9.17) is 10.2 Å². The fourth-order valence-electron chi connectivity index (χ4n) is 0.725. The Morgan fingerprint density at radius 2 is 2.40 bits per heavy atom. The molecule has 0 atom stereocenters. The van der Waals surface area contributed by atoms with Crippen molar-refractivity contribution in [2.45, 2.75) is 19.3 Å². The van der Waals surface area contributed by atoms with Gasteiger partial charge in [-0.2, -0.15) is 0 Å². The van der Waals surface area contributed by atoms with Crippen molar-refractivity contribution in [1.82, 2.24) is 10.2 Å². The number of hydrogen-bond donors (Lipinski definition) is 1. The van der Waals surface area contributed by atoms with E-state index in [1.807, 2.05) is 0 Å². The number of rotatable bonds is 4. The van der Waals surface area contributed by atoms with Crippen LogP contribution in [-0.4, -0.2) is 16.7 Å². The lowest BCUT2D eigenvalue weighted by atomic mass is 10.2. The van der Waals surface area contributed by atoms with Crippen LogP contribution in [0, 0.1) is 0 Å². The maximum Gasteiger partial charge on any atom is 0.216 e. The van der Waals surface area contributed by atoms with Gasteiger partial charge in [-0.3, -0.25) is 0 Å². The van der Waals surface area contributed by atoms with E-state index in [9.17, 15) is 0 Å². The van der Waals surface area contributed by atoms with Gasteiger partial charge in [-0.15, -0.1) is 10.2 Å². The van der Waals surface area contributed by atoms with Gasteiger partial charge >= 0.3 is 0 Å². The zero-order valence-electron chi connectivity index (χ0n) is 5.79. The van der Waals surface area contributed by atoms with Gasteiger partial charge in [0.1, 0.15) is 0 Å². The van der Waals surface area contributed by atoms with Gasteiger partial charge in [0, 0.05) is 6.42 Å². The quantitative estimate of drug-likeness (QED) is 0.614. The van der Waals surface area contributed by atoms with Crippen molar-refractivity contribution in [2.24, 2.45) is 5.73 Å². The van der Waals surface area contributed by atoms with E-state index >= 15 is 0 Å². The van der Waals surface area contributed by atoms with Gasteiger partial charge < -0.3 is 10.2 Å². The Kier molecular flexibility index (Phi) is 2.89. The first-order valence-corrected chi connectivity index (χ1v) is 3.38. The molecular weight excluding hydrogens is 130 g/mol. The van der Waals surface area contributed by atoms with E-state index in [1.54, 1.807) is 0 Å². The summed E-state index contributed by atoms with van der Waals surface area (Å²) < 4.78 is 4.92. The molecule has 1 aromatic rings. The van der Waals surface area contributed by atoms with E-state index in [-0.39, 0.29) is 0 Å². The summed E-state index contributed by atoms with van der Waals surface area (Å²) in [6.07, 6.45) is 4.23. The van der Waals surface area contributed by atoms with Crippen molar-refractivity contribution in [2.75, 3.05) is 6.54 Å². The Bertz CT molecular complexity index is 162. The van der Waals surface area contributed by atoms with E-state index < -0.39 is 0 Å². The largest absolute Gasteiger partial charge is 0.428 e. The molecule has 0 saturated carbocycles. The zero-order valence-corrected chi connectivity index (χ0v) is 5.79. The molecule has 56 valence electrons. The van der Waals surface area contributed by atoms with E-state index in [0.29, 0.717) is 5.89 Å². The second kappa shape index (κ2) is 4.00. The first-order valence-electron chi connectivity index (χ1n) is 3.38. The van der Waals surface area contributed by atoms with Crippen molar-refractivity contribution >= 4 is 0 Å². The van der Waals surface area contributed by atoms with Gasteiger partial charge in [0.25, 0.3) is 0 Å². The van der Waals surface area contributed by atoms with Crippen LogP contribution in [0.2, 0.25) is 0 Å². The molecule has 1 heterocycles. The number of nitrogens with zero attached hydrogens (tertiary/aromatic N) is 2. The second-order valence-electron chi connectivity index (χ2n) is 2.08. The third kappa shape index (κ3) is 2.14. The van der Waals surface area contributed by atoms with E-state index in [1.165, 1.54) is 6.39 Å². The van der Waals surface area contributed by atoms with Gasteiger partial charge in [-0.1, -0.05) is 0 Å². The highest BCUT2D eigenvalue weighted by Crippen LogP contribution is 1.98. The Hall–Kier alpha value is -0.900. The number of aromatic nitrogens is 2. The van der Waals surface area contributed by atoms with Crippen LogP contribution in [-0.2, 0) is 6.42 Å². The zero-order chi connectivity index (χ0) is 7.23. The van der Waals surface area contributed by atoms with Crippen molar-refractivity contribution in [1.29, 1.82) is 0 Å². The van der Waals surface area contributed by atoms with Crippen LogP contribution in [0.25, 0.3) is 0 Å². The number of hydrogen-bond acceptors (Lipinski definition) is 4. The molecule has 0 aromatic carbocycles. The Morgan fingerprint density at radius 3 is 3.00 bits per heavy atom. The fourth-order valence-corrected chi connectivity index (χ4v) is 0.725. The molecule has 1 aromatic heterocycles. The van der Waals surface area contributed by atoms with Crippen LogP contribution < -0.4 is 5.73 Å². The van der Waals surface area contributed by atoms with Crippen LogP contribution in [0.5, 0.6) is 0 Å². The molecule has 0 aliphatic heterocycles. The molecule has 0 aliphatic carbocycles. The Morgan fingerprint density at radius 1 is 1.50 bits per heavy atom. The van der Waals surface area contributed by atoms with Crippen LogP contribution in [0.4, 0.5) is 0 Å². The minimum atomic E-state index is 0.702. The molecule has 0 fully saturated rings. The smallest absolute Gasteiger partial charge is 0.216 e. The highest BCUT2D eigenvalue weighted by atomic mass is 16.4. The fraction of sp³-hybridized carbons (Fsp3) is 0.667. The molecular formula is C6H11N3O. The lowest BCUT2D eigenvalue weighted by Crippen LogP contribution is -1.98. The Labute approximate surface area is 59.4 Å². The summed E-state index contributed by atoms with van der Waals surface area (Å²) >= 11 is 0. The van der Waals surface area contributed by atoms with Crippen molar-refractivity contribution in [3.63, 3.8) is 0 Å². The topological polar surface area (TPSA) is 64.9 Å². The van der Waals surface area contributed by atoms with Crippen LogP contribution in [0.3, 0.4) is 0 Å². The lowest BCUT2D eigenvalue weighted by Gasteiger charge is -1.91. The first kappa shape index (κ1) is 7.21. The summed E-state index contributed by atoms with van der Waals surface area (Å²) in [5.41, 5.74) is 5.30. The van der Waals surface area contributed by atoms with Crippen molar-refractivity contribution in [3.05, 3.63) is 12.3 Å². The predicted octanol–water partition coefficient (Wildman–Crippen LogP) is 0.351. The molecule has 2 N–H and O–H groups in total. The third-order valence-electron chi connectivity index (χ3n) is 1.25. The minimum absolute atomic E-state index is 0.702. The lowest BCUT2D eigenvalue weighted by molar-refractivity contribution is 0.483. The average molecular weight is 141 g/mol. The van der Waals surface area contributed by atoms with Crippen LogP contribution in [0.15, 0.2) is 10.8 Å². The van der Waals surface area contributed by atoms with Gasteiger partial charge in [0.2, 0.25) is 12.3 Å². The second-order valence-corrected chi connectivity index (χ2v) is 2.08. The first-order chi connectivity index (χ1) is 4.93. The molecule has 0 aliphatic rings. The molecule has 0 amide bonds. The number of aryl methyl sites for hydroxylation is 1. The summed E-state index contributed by atoms with van der Waals surface area (Å²) in [5.74, 6) is 0.702. The molecule has 0 bridgehead atoms. The molecule has 0 radical (unpaired) electrons. The standard InChI is InChI=1S/C6H11N3O/c7-4-2-1-3-6-9-8-5-10-6/h5H,1-4,7H2. The molecule has 10 heavy (non-hydrogen) atoms. The highest BCUT2D eigenvalue weighted by Gasteiger charge is 1.95. The normalized spacial score (nSPS) is 10.1. The van der Waals surface area contributed by atoms with E-state index in [2.05, 4.69) is 10.2 Å². The third-order valence-corrected chi connectivity index (χ3v) is 1.25. The van der Waals surface area contributed by atoms with E-state index in [0.717, 1.165) is 25.8 Å². The number of nitrogens with two attached hydrogens (primary N) is 1. The molecule has 0 saturated heterocycles. The summed E-state index contributed by atoms with van der Waals surface area (Å²) in [6, 6.07) is 0. The summed E-state index contributed by atoms with van der Waals surface area (Å²) in [4.78, 5) is 0. The summed E-state index contributed by atoms with van der Waals surface area (Å²) in [7, 11) is 0. The summed E-state index contributed by atoms with van der Waals surface area (Å²) in [6.45, 7) is 0.730. The molecule has 0 spiro atoms. The molecule has 4 heteroatoms. The van der Waals surface area contributed by atoms with Crippen molar-refractivity contribution in [3.8, 4) is 0 Å². The predicted molar refractivity (Wildman–Crippen MR) is 36.3 cm³/mol. The SMILES string of the molecule is NCCCCc1nnco1. The molecule has 0 unspecified atom stereocenters. The Balaban J connectivity index is 2.15. The van der Waals surface area contributed by atoms with Gasteiger partial charge in [-0.25, -0.2) is 0 Å². The highest BCUT2D eigenvalue weighted by molar-refractivity contribution is 4.71. The van der Waals surface area contributed by atoms with Crippen molar-refractivity contribution < 1.29 is 4.42 Å². The number of unbranched alkanes of at least 4 members (excludes halogenated alkanes) is 1. The minimum Gasteiger partial charge on any atom is -0.428 e. The molecule has 1 rings (SSSR count). The summed E-state index contributed by atoms with van der Waals surface area (Å²) in [5, 5.41) is 7.28. The monoisotopic (exact) mass is 141 g/mol. The van der Waals surface area contributed by atoms with Gasteiger partial charge in [0.15, 0.2) is 0 Å². The average Bonchev–Trinajstić information content (AvgIpc) is 2.41. The van der Waals surface area contributed by atoms with Crippen LogP contribution in [0.1, 0.15) is 18.7 Å². The maximum atomic E-state index is 5.30. The van der Waals surface area contributed by atoms with Gasteiger partial charge in [-0.05, 0) is 19.4 Å². The van der Waals surface area contributed by atoms with Crippen LogP contribution >= 0.6 is 0 Å². The maximum absolute atomic E-state index is 5.30.